The van der Waals surface area contributed by atoms with E-state index in [4.69, 9.17) is 0 Å². The minimum atomic E-state index is -0.0789. The van der Waals surface area contributed by atoms with Gasteiger partial charge in [-0.25, -0.2) is 4.68 Å². The van der Waals surface area contributed by atoms with E-state index in [9.17, 15) is 4.79 Å². The number of carbonyl (C=O) groups is 1. The Morgan fingerprint density at radius 1 is 1.25 bits per heavy atom. The molecule has 5 heteroatoms. The molecule has 0 unspecified atom stereocenters. The minimum absolute atomic E-state index is 0.0789. The Hall–Kier alpha value is -2.14. The van der Waals surface area contributed by atoms with Crippen LogP contribution in [0.1, 0.15) is 23.2 Å². The lowest BCUT2D eigenvalue weighted by atomic mass is 10.3. The van der Waals surface area contributed by atoms with Gasteiger partial charge < -0.3 is 10.6 Å². The second-order valence-electron chi connectivity index (χ2n) is 4.99. The highest BCUT2D eigenvalue weighted by molar-refractivity contribution is 5.93. The van der Waals surface area contributed by atoms with Crippen molar-refractivity contribution in [3.63, 3.8) is 0 Å². The summed E-state index contributed by atoms with van der Waals surface area (Å²) in [5.41, 5.74) is 1.53. The molecule has 0 bridgehead atoms. The molecule has 0 radical (unpaired) electrons. The second-order valence-corrected chi connectivity index (χ2v) is 4.99. The van der Waals surface area contributed by atoms with E-state index < -0.39 is 0 Å². The molecule has 1 aromatic carbocycles. The maximum absolute atomic E-state index is 12.0. The molecule has 104 valence electrons. The van der Waals surface area contributed by atoms with Crippen LogP contribution in [-0.4, -0.2) is 34.8 Å². The van der Waals surface area contributed by atoms with E-state index in [0.29, 0.717) is 18.2 Å². The van der Waals surface area contributed by atoms with E-state index in [2.05, 4.69) is 15.7 Å². The quantitative estimate of drug-likeness (QED) is 0.779. The fourth-order valence-corrected chi connectivity index (χ4v) is 2.00. The highest BCUT2D eigenvalue weighted by atomic mass is 16.1. The Morgan fingerprint density at radius 2 is 2.05 bits per heavy atom. The molecule has 1 aliphatic rings. The van der Waals surface area contributed by atoms with Gasteiger partial charge in [-0.1, -0.05) is 18.2 Å². The van der Waals surface area contributed by atoms with E-state index in [0.717, 1.165) is 12.2 Å². The summed E-state index contributed by atoms with van der Waals surface area (Å²) in [5, 5.41) is 10.5. The predicted molar refractivity (Wildman–Crippen MR) is 76.9 cm³/mol. The normalized spacial score (nSPS) is 14.2. The SMILES string of the molecule is O=C(NCCNC1CC1)c1cnn(-c2ccccc2)c1. The van der Waals surface area contributed by atoms with Crippen LogP contribution in [0.3, 0.4) is 0 Å². The molecular formula is C15H18N4O. The third-order valence-corrected chi connectivity index (χ3v) is 3.29. The van der Waals surface area contributed by atoms with E-state index >= 15 is 0 Å². The third kappa shape index (κ3) is 3.24. The third-order valence-electron chi connectivity index (χ3n) is 3.29. The number of para-hydroxylation sites is 1. The number of rotatable bonds is 6. The zero-order valence-electron chi connectivity index (χ0n) is 11.2. The molecule has 0 spiro atoms. The molecular weight excluding hydrogens is 252 g/mol. The lowest BCUT2D eigenvalue weighted by Crippen LogP contribution is -2.32. The summed E-state index contributed by atoms with van der Waals surface area (Å²) in [4.78, 5) is 12.0. The van der Waals surface area contributed by atoms with Crippen molar-refractivity contribution in [3.05, 3.63) is 48.3 Å². The molecule has 1 heterocycles. The number of nitrogens with zero attached hydrogens (tertiary/aromatic N) is 2. The van der Waals surface area contributed by atoms with Gasteiger partial charge in [-0.2, -0.15) is 5.10 Å². The topological polar surface area (TPSA) is 59.0 Å². The first-order valence-corrected chi connectivity index (χ1v) is 6.94. The van der Waals surface area contributed by atoms with Crippen LogP contribution in [-0.2, 0) is 0 Å². The van der Waals surface area contributed by atoms with Crippen molar-refractivity contribution in [2.45, 2.75) is 18.9 Å². The van der Waals surface area contributed by atoms with Gasteiger partial charge in [-0.15, -0.1) is 0 Å². The number of amides is 1. The Morgan fingerprint density at radius 3 is 2.80 bits per heavy atom. The molecule has 5 nitrogen and oxygen atoms in total. The number of aromatic nitrogens is 2. The van der Waals surface area contributed by atoms with E-state index in [1.807, 2.05) is 30.3 Å². The highest BCUT2D eigenvalue weighted by Crippen LogP contribution is 2.17. The van der Waals surface area contributed by atoms with Gasteiger partial charge in [0, 0.05) is 25.3 Å². The van der Waals surface area contributed by atoms with Crippen molar-refractivity contribution in [2.75, 3.05) is 13.1 Å². The van der Waals surface area contributed by atoms with Gasteiger partial charge in [0.1, 0.15) is 0 Å². The Balaban J connectivity index is 1.54. The molecule has 1 aliphatic carbocycles. The van der Waals surface area contributed by atoms with Crippen LogP contribution in [0.25, 0.3) is 5.69 Å². The lowest BCUT2D eigenvalue weighted by molar-refractivity contribution is 0.0954. The maximum Gasteiger partial charge on any atom is 0.254 e. The molecule has 0 atom stereocenters. The summed E-state index contributed by atoms with van der Waals surface area (Å²) in [6.07, 6.45) is 5.87. The molecule has 2 aromatic rings. The number of hydrogen-bond acceptors (Lipinski definition) is 3. The van der Waals surface area contributed by atoms with Crippen LogP contribution in [0.2, 0.25) is 0 Å². The molecule has 1 fully saturated rings. The minimum Gasteiger partial charge on any atom is -0.351 e. The zero-order chi connectivity index (χ0) is 13.8. The van der Waals surface area contributed by atoms with Crippen LogP contribution in [0.15, 0.2) is 42.7 Å². The van der Waals surface area contributed by atoms with Gasteiger partial charge in [0.25, 0.3) is 5.91 Å². The van der Waals surface area contributed by atoms with E-state index in [1.54, 1.807) is 17.1 Å². The van der Waals surface area contributed by atoms with Gasteiger partial charge in [0.05, 0.1) is 17.4 Å². The largest absolute Gasteiger partial charge is 0.351 e. The fraction of sp³-hybridized carbons (Fsp3) is 0.333. The van der Waals surface area contributed by atoms with Crippen molar-refractivity contribution in [1.29, 1.82) is 0 Å². The summed E-state index contributed by atoms with van der Waals surface area (Å²) >= 11 is 0. The molecule has 20 heavy (non-hydrogen) atoms. The summed E-state index contributed by atoms with van der Waals surface area (Å²) in [6, 6.07) is 10.4. The Labute approximate surface area is 118 Å². The van der Waals surface area contributed by atoms with Crippen molar-refractivity contribution < 1.29 is 4.79 Å². The maximum atomic E-state index is 12.0. The van der Waals surface area contributed by atoms with Crippen molar-refractivity contribution in [1.82, 2.24) is 20.4 Å². The van der Waals surface area contributed by atoms with Crippen molar-refractivity contribution >= 4 is 5.91 Å². The fourth-order valence-electron chi connectivity index (χ4n) is 2.00. The predicted octanol–water partition coefficient (Wildman–Crippen LogP) is 1.35. The van der Waals surface area contributed by atoms with Gasteiger partial charge >= 0.3 is 0 Å². The van der Waals surface area contributed by atoms with Crippen molar-refractivity contribution in [3.8, 4) is 5.69 Å². The van der Waals surface area contributed by atoms with E-state index in [-0.39, 0.29) is 5.91 Å². The van der Waals surface area contributed by atoms with Crippen LogP contribution in [0.5, 0.6) is 0 Å². The number of carbonyl (C=O) groups excluding carboxylic acids is 1. The first kappa shape index (κ1) is 12.9. The van der Waals surface area contributed by atoms with E-state index in [1.165, 1.54) is 12.8 Å². The molecule has 1 amide bonds. The summed E-state index contributed by atoms with van der Waals surface area (Å²) in [5.74, 6) is -0.0789. The monoisotopic (exact) mass is 270 g/mol. The second kappa shape index (κ2) is 5.88. The standard InChI is InChI=1S/C15H18N4O/c20-15(17-9-8-16-13-6-7-13)12-10-18-19(11-12)14-4-2-1-3-5-14/h1-5,10-11,13,16H,6-9H2,(H,17,20). The number of nitrogens with one attached hydrogen (secondary N) is 2. The highest BCUT2D eigenvalue weighted by Gasteiger charge is 2.19. The first-order chi connectivity index (χ1) is 9.83. The molecule has 1 aromatic heterocycles. The Kier molecular flexibility index (Phi) is 3.78. The molecule has 1 saturated carbocycles. The number of benzene rings is 1. The zero-order valence-corrected chi connectivity index (χ0v) is 11.2. The van der Waals surface area contributed by atoms with Crippen LogP contribution >= 0.6 is 0 Å². The van der Waals surface area contributed by atoms with Crippen molar-refractivity contribution in [2.24, 2.45) is 0 Å². The molecule has 3 rings (SSSR count). The first-order valence-electron chi connectivity index (χ1n) is 6.94. The molecule has 0 aliphatic heterocycles. The molecule has 0 saturated heterocycles. The molecule has 2 N–H and O–H groups in total. The Bertz CT molecular complexity index is 575. The summed E-state index contributed by atoms with van der Waals surface area (Å²) < 4.78 is 1.71. The van der Waals surface area contributed by atoms with Crippen LogP contribution in [0.4, 0.5) is 0 Å². The van der Waals surface area contributed by atoms with Gasteiger partial charge in [-0.3, -0.25) is 4.79 Å². The number of hydrogen-bond donors (Lipinski definition) is 2. The van der Waals surface area contributed by atoms with Gasteiger partial charge in [-0.05, 0) is 25.0 Å². The van der Waals surface area contributed by atoms with Gasteiger partial charge in [0.2, 0.25) is 0 Å². The van der Waals surface area contributed by atoms with Gasteiger partial charge in [0.15, 0.2) is 0 Å². The van der Waals surface area contributed by atoms with Crippen LogP contribution in [0, 0.1) is 0 Å². The summed E-state index contributed by atoms with van der Waals surface area (Å²) in [7, 11) is 0. The van der Waals surface area contributed by atoms with Crippen LogP contribution < -0.4 is 10.6 Å². The summed E-state index contributed by atoms with van der Waals surface area (Å²) in [6.45, 7) is 1.47. The smallest absolute Gasteiger partial charge is 0.254 e. The average molecular weight is 270 g/mol. The lowest BCUT2D eigenvalue weighted by Gasteiger charge is -2.04. The average Bonchev–Trinajstić information content (AvgIpc) is 3.18.